The van der Waals surface area contributed by atoms with E-state index in [9.17, 15) is 9.59 Å². The highest BCUT2D eigenvalue weighted by atomic mass is 19.3. The van der Waals surface area contributed by atoms with E-state index in [0.717, 1.165) is 86.5 Å². The van der Waals surface area contributed by atoms with Gasteiger partial charge in [0.2, 0.25) is 0 Å². The van der Waals surface area contributed by atoms with E-state index in [0.29, 0.717) is 24.4 Å². The van der Waals surface area contributed by atoms with E-state index in [1.54, 1.807) is 62.4 Å². The van der Waals surface area contributed by atoms with Crippen molar-refractivity contribution in [2.45, 2.75) is 110 Å². The normalized spacial score (nSPS) is 11.8. The molecule has 0 atom stereocenters. The minimum atomic E-state index is -3.55. The standard InChI is InChI=1S/C49H56F4O6/c1-35(2)45(54)56-33-13-9-7-11-15-37-17-21-41(22-18-37)48(50,51)58-43-29-25-39(26-30-43)47(5,6)40-27-31-44(32-28-40)59-49(52,53)42-23-19-38(20-24-42)16-12-8-10-14-34-57-46(55)36(3)4/h17-32H,1,3,7-16,33-34H2,2,4-6H3. The van der Waals surface area contributed by atoms with Crippen molar-refractivity contribution in [1.82, 2.24) is 0 Å². The Morgan fingerprint density at radius 3 is 1.10 bits per heavy atom. The van der Waals surface area contributed by atoms with Crippen LogP contribution in [0.3, 0.4) is 0 Å². The number of carbonyl (C=O) groups is 2. The van der Waals surface area contributed by atoms with Gasteiger partial charge in [-0.05, 0) is 123 Å². The molecule has 0 amide bonds. The highest BCUT2D eigenvalue weighted by Crippen LogP contribution is 2.37. The van der Waals surface area contributed by atoms with Gasteiger partial charge < -0.3 is 18.9 Å². The lowest BCUT2D eigenvalue weighted by atomic mass is 9.78. The highest BCUT2D eigenvalue weighted by molar-refractivity contribution is 5.87. The average Bonchev–Trinajstić information content (AvgIpc) is 3.20. The molecule has 0 aliphatic carbocycles. The topological polar surface area (TPSA) is 71.1 Å². The number of alkyl halides is 4. The predicted octanol–water partition coefficient (Wildman–Crippen LogP) is 12.7. The molecule has 0 aliphatic heterocycles. The lowest BCUT2D eigenvalue weighted by Crippen LogP contribution is -2.23. The highest BCUT2D eigenvalue weighted by Gasteiger charge is 2.36. The zero-order valence-electron chi connectivity index (χ0n) is 34.6. The first-order chi connectivity index (χ1) is 28.0. The van der Waals surface area contributed by atoms with Crippen LogP contribution in [0.25, 0.3) is 0 Å². The van der Waals surface area contributed by atoms with Gasteiger partial charge in [-0.15, -0.1) is 0 Å². The fourth-order valence-corrected chi connectivity index (χ4v) is 6.34. The summed E-state index contributed by atoms with van der Waals surface area (Å²) in [6.45, 7) is 14.9. The number of carbonyl (C=O) groups excluding carboxylic acids is 2. The van der Waals surface area contributed by atoms with Crippen molar-refractivity contribution < 1.29 is 46.1 Å². The van der Waals surface area contributed by atoms with Gasteiger partial charge in [0.15, 0.2) is 0 Å². The van der Waals surface area contributed by atoms with Gasteiger partial charge in [0.25, 0.3) is 0 Å². The second kappa shape index (κ2) is 21.6. The third-order valence-electron chi connectivity index (χ3n) is 10.1. The summed E-state index contributed by atoms with van der Waals surface area (Å²) in [6.07, 6.45) is 1.32. The number of halogens is 4. The molecule has 0 bridgehead atoms. The molecule has 0 aromatic heterocycles. The van der Waals surface area contributed by atoms with Crippen LogP contribution in [-0.2, 0) is 49.5 Å². The second-order valence-corrected chi connectivity index (χ2v) is 15.5. The molecule has 4 aromatic rings. The van der Waals surface area contributed by atoms with E-state index in [1.807, 2.05) is 13.8 Å². The fourth-order valence-electron chi connectivity index (χ4n) is 6.34. The number of rotatable bonds is 24. The average molecular weight is 817 g/mol. The molecule has 4 rings (SSSR count). The van der Waals surface area contributed by atoms with Gasteiger partial charge >= 0.3 is 24.2 Å². The van der Waals surface area contributed by atoms with Crippen LogP contribution in [-0.4, -0.2) is 25.2 Å². The summed E-state index contributed by atoms with van der Waals surface area (Å²) in [6, 6.07) is 25.1. The summed E-state index contributed by atoms with van der Waals surface area (Å²) in [7, 11) is 0. The molecule has 0 aliphatic rings. The molecule has 0 radical (unpaired) electrons. The monoisotopic (exact) mass is 816 g/mol. The lowest BCUT2D eigenvalue weighted by molar-refractivity contribution is -0.186. The maximum atomic E-state index is 15.2. The molecular formula is C49H56F4O6. The van der Waals surface area contributed by atoms with Gasteiger partial charge in [-0.2, -0.15) is 17.6 Å². The number of benzene rings is 4. The molecular weight excluding hydrogens is 761 g/mol. The molecule has 0 saturated carbocycles. The van der Waals surface area contributed by atoms with Gasteiger partial charge in [-0.3, -0.25) is 0 Å². The number of unbranched alkanes of at least 4 members (excludes halogenated alkanes) is 6. The van der Waals surface area contributed by atoms with Gasteiger partial charge in [0.1, 0.15) is 11.5 Å². The van der Waals surface area contributed by atoms with Crippen molar-refractivity contribution in [3.63, 3.8) is 0 Å². The van der Waals surface area contributed by atoms with Crippen molar-refractivity contribution in [3.8, 4) is 11.5 Å². The molecule has 0 unspecified atom stereocenters. The van der Waals surface area contributed by atoms with Crippen molar-refractivity contribution in [3.05, 3.63) is 155 Å². The SMILES string of the molecule is C=C(C)C(=O)OCCCCCCc1ccc(C(F)(F)Oc2ccc(C(C)(C)c3ccc(OC(F)(F)c4ccc(CCCCCCOC(=O)C(=C)C)cc4)cc3)cc2)cc1. The first-order valence-electron chi connectivity index (χ1n) is 20.2. The Kier molecular flexibility index (Phi) is 16.9. The number of ether oxygens (including phenoxy) is 4. The van der Waals surface area contributed by atoms with Crippen LogP contribution < -0.4 is 9.47 Å². The third kappa shape index (κ3) is 14.4. The molecule has 0 heterocycles. The Hall–Kier alpha value is -5.38. The summed E-state index contributed by atoms with van der Waals surface area (Å²) in [5.74, 6) is -0.764. The van der Waals surface area contributed by atoms with Crippen molar-refractivity contribution >= 4 is 11.9 Å². The molecule has 4 aromatic carbocycles. The van der Waals surface area contributed by atoms with Crippen LogP contribution in [0.5, 0.6) is 11.5 Å². The van der Waals surface area contributed by atoms with E-state index >= 15 is 17.6 Å². The summed E-state index contributed by atoms with van der Waals surface area (Å²) in [4.78, 5) is 22.9. The second-order valence-electron chi connectivity index (χ2n) is 15.5. The van der Waals surface area contributed by atoms with Crippen LogP contribution in [0.2, 0.25) is 0 Å². The molecule has 0 saturated heterocycles. The first-order valence-corrected chi connectivity index (χ1v) is 20.2. The van der Waals surface area contributed by atoms with Crippen molar-refractivity contribution in [2.24, 2.45) is 0 Å². The van der Waals surface area contributed by atoms with Crippen molar-refractivity contribution in [2.75, 3.05) is 13.2 Å². The molecule has 6 nitrogen and oxygen atoms in total. The smallest absolute Gasteiger partial charge is 0.426 e. The zero-order chi connectivity index (χ0) is 43.1. The Labute approximate surface area is 346 Å². The van der Waals surface area contributed by atoms with Gasteiger partial charge in [0.05, 0.1) is 24.3 Å². The predicted molar refractivity (Wildman–Crippen MR) is 223 cm³/mol. The minimum absolute atomic E-state index is 0.00214. The number of aryl methyl sites for hydroxylation is 2. The molecule has 10 heteroatoms. The fraction of sp³-hybridized carbons (Fsp3) is 0.388. The van der Waals surface area contributed by atoms with E-state index in [4.69, 9.17) is 18.9 Å². The van der Waals surface area contributed by atoms with Crippen LogP contribution in [0.1, 0.15) is 112 Å². The third-order valence-corrected chi connectivity index (χ3v) is 10.1. The molecule has 0 spiro atoms. The zero-order valence-corrected chi connectivity index (χ0v) is 34.6. The number of hydrogen-bond donors (Lipinski definition) is 0. The van der Waals surface area contributed by atoms with E-state index in [2.05, 4.69) is 13.2 Å². The summed E-state index contributed by atoms with van der Waals surface area (Å²) in [5, 5.41) is 0. The Bertz CT molecular complexity index is 1830. The number of hydrogen-bond acceptors (Lipinski definition) is 6. The molecule has 0 N–H and O–H groups in total. The van der Waals surface area contributed by atoms with Gasteiger partial charge in [0, 0.05) is 16.6 Å². The van der Waals surface area contributed by atoms with Crippen LogP contribution in [0.15, 0.2) is 121 Å². The Morgan fingerprint density at radius 1 is 0.475 bits per heavy atom. The van der Waals surface area contributed by atoms with Crippen molar-refractivity contribution in [1.29, 1.82) is 0 Å². The Morgan fingerprint density at radius 2 is 0.780 bits per heavy atom. The van der Waals surface area contributed by atoms with Crippen LogP contribution in [0.4, 0.5) is 17.6 Å². The van der Waals surface area contributed by atoms with Crippen LogP contribution >= 0.6 is 0 Å². The molecule has 0 fully saturated rings. The molecule has 59 heavy (non-hydrogen) atoms. The Balaban J connectivity index is 1.23. The first kappa shape index (κ1) is 46.3. The minimum Gasteiger partial charge on any atom is -0.462 e. The van der Waals surface area contributed by atoms with Gasteiger partial charge in [-0.25, -0.2) is 9.59 Å². The lowest BCUT2D eigenvalue weighted by Gasteiger charge is -2.27. The maximum absolute atomic E-state index is 15.2. The maximum Gasteiger partial charge on any atom is 0.426 e. The summed E-state index contributed by atoms with van der Waals surface area (Å²) >= 11 is 0. The van der Waals surface area contributed by atoms with E-state index < -0.39 is 17.6 Å². The van der Waals surface area contributed by atoms with Crippen LogP contribution in [0, 0.1) is 0 Å². The quantitative estimate of drug-likeness (QED) is 0.0304. The molecule has 316 valence electrons. The largest absolute Gasteiger partial charge is 0.462 e. The van der Waals surface area contributed by atoms with E-state index in [1.165, 1.54) is 48.5 Å². The number of esters is 2. The van der Waals surface area contributed by atoms with E-state index in [-0.39, 0.29) is 34.6 Å². The van der Waals surface area contributed by atoms with Gasteiger partial charge in [-0.1, -0.05) is 101 Å². The summed E-state index contributed by atoms with van der Waals surface area (Å²) in [5.41, 5.74) is 3.17. The summed E-state index contributed by atoms with van der Waals surface area (Å²) < 4.78 is 81.1.